The minimum absolute atomic E-state index is 0.851. The number of benzene rings is 3. The minimum Gasteiger partial charge on any atom is -0.455 e. The summed E-state index contributed by atoms with van der Waals surface area (Å²) in [5, 5.41) is 3.45. The first-order valence-electron chi connectivity index (χ1n) is 8.32. The molecule has 4 aromatic rings. The molecule has 0 aliphatic carbocycles. The van der Waals surface area contributed by atoms with Crippen LogP contribution in [0.5, 0.6) is 0 Å². The Morgan fingerprint density at radius 1 is 0.667 bits per heavy atom. The Morgan fingerprint density at radius 3 is 2.33 bits per heavy atom. The van der Waals surface area contributed by atoms with Crippen LogP contribution in [-0.2, 0) is 13.1 Å². The quantitative estimate of drug-likeness (QED) is 0.582. The summed E-state index contributed by atoms with van der Waals surface area (Å²) >= 11 is 0. The number of hydrogen-bond acceptors (Lipinski definition) is 1. The summed E-state index contributed by atoms with van der Waals surface area (Å²) in [6.45, 7) is 1.79. The van der Waals surface area contributed by atoms with Gasteiger partial charge in [0.1, 0.15) is 18.7 Å². The van der Waals surface area contributed by atoms with Gasteiger partial charge in [-0.2, -0.15) is 0 Å². The van der Waals surface area contributed by atoms with Crippen LogP contribution in [0.15, 0.2) is 89.3 Å². The van der Waals surface area contributed by atoms with Crippen molar-refractivity contribution in [1.82, 2.24) is 0 Å². The highest BCUT2D eigenvalue weighted by Crippen LogP contribution is 2.20. The van der Waals surface area contributed by atoms with Crippen LogP contribution in [0.1, 0.15) is 11.3 Å². The Balaban J connectivity index is 1.42. The fraction of sp³-hybridized carbons (Fsp3) is 0.0909. The van der Waals surface area contributed by atoms with E-state index in [0.717, 1.165) is 24.4 Å². The van der Waals surface area contributed by atoms with Crippen LogP contribution < -0.4 is 5.32 Å². The van der Waals surface area contributed by atoms with Crippen molar-refractivity contribution < 1.29 is 9.73 Å². The van der Waals surface area contributed by atoms with Crippen LogP contribution in [-0.4, -0.2) is 0 Å². The van der Waals surface area contributed by atoms with E-state index >= 15 is 0 Å². The maximum Gasteiger partial charge on any atom is 0.159 e. The number of nitrogens with two attached hydrogens (primary N) is 1. The Labute approximate surface area is 141 Å². The number of fused-ring (bicyclic) bond motifs is 1. The molecule has 0 saturated carbocycles. The standard InChI is InChI=1S/C22H19NO/c1-2-8-18(9-3-1)19-11-6-7-17(13-19)15-23-16-21-14-20-10-4-5-12-22(20)24-21/h1-14,23H,15-16H2/p+1. The maximum absolute atomic E-state index is 5.87. The molecule has 1 aromatic heterocycles. The van der Waals surface area contributed by atoms with E-state index in [1.807, 2.05) is 18.2 Å². The van der Waals surface area contributed by atoms with Crippen molar-refractivity contribution in [2.75, 3.05) is 0 Å². The first-order chi connectivity index (χ1) is 11.9. The summed E-state index contributed by atoms with van der Waals surface area (Å²) in [5.41, 5.74) is 4.82. The van der Waals surface area contributed by atoms with Crippen LogP contribution in [0.2, 0.25) is 0 Å². The summed E-state index contributed by atoms with van der Waals surface area (Å²) < 4.78 is 5.87. The van der Waals surface area contributed by atoms with Gasteiger partial charge in [-0.3, -0.25) is 0 Å². The molecular weight excluding hydrogens is 294 g/mol. The van der Waals surface area contributed by atoms with Gasteiger partial charge in [-0.1, -0.05) is 66.7 Å². The van der Waals surface area contributed by atoms with E-state index in [4.69, 9.17) is 4.42 Å². The van der Waals surface area contributed by atoms with E-state index < -0.39 is 0 Å². The number of furan rings is 1. The zero-order valence-electron chi connectivity index (χ0n) is 13.5. The van der Waals surface area contributed by atoms with Crippen LogP contribution >= 0.6 is 0 Å². The molecule has 118 valence electrons. The normalized spacial score (nSPS) is 11.0. The number of rotatable bonds is 5. The molecule has 4 rings (SSSR count). The lowest BCUT2D eigenvalue weighted by Crippen LogP contribution is -2.80. The topological polar surface area (TPSA) is 29.8 Å². The lowest BCUT2D eigenvalue weighted by Gasteiger charge is -2.05. The van der Waals surface area contributed by atoms with Gasteiger partial charge in [0.25, 0.3) is 0 Å². The average Bonchev–Trinajstić information content (AvgIpc) is 3.05. The third-order valence-electron chi connectivity index (χ3n) is 4.24. The molecule has 2 nitrogen and oxygen atoms in total. The predicted molar refractivity (Wildman–Crippen MR) is 97.4 cm³/mol. The van der Waals surface area contributed by atoms with E-state index in [0.29, 0.717) is 0 Å². The SMILES string of the molecule is c1ccc(-c2cccc(C[NH2+]Cc3cc4ccccc4o3)c2)cc1. The monoisotopic (exact) mass is 314 g/mol. The molecule has 24 heavy (non-hydrogen) atoms. The summed E-state index contributed by atoms with van der Waals surface area (Å²) in [4.78, 5) is 0. The van der Waals surface area contributed by atoms with Gasteiger partial charge in [0.2, 0.25) is 0 Å². The van der Waals surface area contributed by atoms with Crippen LogP contribution in [0.25, 0.3) is 22.1 Å². The van der Waals surface area contributed by atoms with E-state index in [1.165, 1.54) is 22.1 Å². The van der Waals surface area contributed by atoms with E-state index in [9.17, 15) is 0 Å². The third kappa shape index (κ3) is 3.24. The van der Waals surface area contributed by atoms with Gasteiger partial charge < -0.3 is 9.73 Å². The Hall–Kier alpha value is -2.84. The predicted octanol–water partition coefficient (Wildman–Crippen LogP) is 4.36. The number of para-hydroxylation sites is 1. The van der Waals surface area contributed by atoms with Gasteiger partial charge in [-0.05, 0) is 29.3 Å². The van der Waals surface area contributed by atoms with Crippen molar-refractivity contribution in [1.29, 1.82) is 0 Å². The van der Waals surface area contributed by atoms with Gasteiger partial charge in [-0.25, -0.2) is 0 Å². The van der Waals surface area contributed by atoms with Crippen molar-refractivity contribution in [3.05, 3.63) is 96.3 Å². The molecule has 0 radical (unpaired) electrons. The van der Waals surface area contributed by atoms with E-state index in [-0.39, 0.29) is 0 Å². The zero-order valence-corrected chi connectivity index (χ0v) is 13.5. The molecule has 0 fully saturated rings. The molecule has 0 saturated heterocycles. The van der Waals surface area contributed by atoms with E-state index in [1.54, 1.807) is 0 Å². The molecule has 0 amide bonds. The molecule has 0 spiro atoms. The molecule has 0 atom stereocenters. The highest BCUT2D eigenvalue weighted by atomic mass is 16.3. The summed E-state index contributed by atoms with van der Waals surface area (Å²) in [7, 11) is 0. The lowest BCUT2D eigenvalue weighted by molar-refractivity contribution is -0.687. The molecule has 0 unspecified atom stereocenters. The maximum atomic E-state index is 5.87. The van der Waals surface area contributed by atoms with Gasteiger partial charge in [0.15, 0.2) is 5.76 Å². The molecule has 3 aromatic carbocycles. The Morgan fingerprint density at radius 2 is 1.46 bits per heavy atom. The van der Waals surface area contributed by atoms with Crippen LogP contribution in [0.3, 0.4) is 0 Å². The largest absolute Gasteiger partial charge is 0.455 e. The lowest BCUT2D eigenvalue weighted by atomic mass is 10.0. The van der Waals surface area contributed by atoms with Crippen molar-refractivity contribution in [3.8, 4) is 11.1 Å². The van der Waals surface area contributed by atoms with Crippen LogP contribution in [0.4, 0.5) is 0 Å². The van der Waals surface area contributed by atoms with Gasteiger partial charge >= 0.3 is 0 Å². The van der Waals surface area contributed by atoms with Crippen LogP contribution in [0, 0.1) is 0 Å². The molecular formula is C22H20NO+. The smallest absolute Gasteiger partial charge is 0.159 e. The molecule has 0 aliphatic heterocycles. The molecule has 0 bridgehead atoms. The second-order valence-corrected chi connectivity index (χ2v) is 6.01. The third-order valence-corrected chi connectivity index (χ3v) is 4.24. The minimum atomic E-state index is 0.851. The second-order valence-electron chi connectivity index (χ2n) is 6.01. The van der Waals surface area contributed by atoms with Crippen molar-refractivity contribution in [2.45, 2.75) is 13.1 Å². The van der Waals surface area contributed by atoms with E-state index in [2.05, 4.69) is 72.0 Å². The Kier molecular flexibility index (Phi) is 4.13. The summed E-state index contributed by atoms with van der Waals surface area (Å²) in [6.07, 6.45) is 0. The highest BCUT2D eigenvalue weighted by molar-refractivity contribution is 5.77. The van der Waals surface area contributed by atoms with Gasteiger partial charge in [0.05, 0.1) is 0 Å². The zero-order chi connectivity index (χ0) is 16.2. The molecule has 0 aliphatic rings. The van der Waals surface area contributed by atoms with Crippen molar-refractivity contribution in [2.24, 2.45) is 0 Å². The number of hydrogen-bond donors (Lipinski definition) is 1. The van der Waals surface area contributed by atoms with Crippen molar-refractivity contribution >= 4 is 11.0 Å². The fourth-order valence-electron chi connectivity index (χ4n) is 3.03. The van der Waals surface area contributed by atoms with Gasteiger partial charge in [-0.15, -0.1) is 0 Å². The molecule has 1 heterocycles. The number of quaternary nitrogens is 1. The average molecular weight is 314 g/mol. The Bertz CT molecular complexity index is 907. The summed E-state index contributed by atoms with van der Waals surface area (Å²) in [5.74, 6) is 1.02. The molecule has 2 heteroatoms. The van der Waals surface area contributed by atoms with Crippen molar-refractivity contribution in [3.63, 3.8) is 0 Å². The van der Waals surface area contributed by atoms with Gasteiger partial charge in [0, 0.05) is 10.9 Å². The first kappa shape index (κ1) is 14.7. The summed E-state index contributed by atoms with van der Waals surface area (Å²) in [6, 6.07) is 29.5. The fourth-order valence-corrected chi connectivity index (χ4v) is 3.03. The first-order valence-corrected chi connectivity index (χ1v) is 8.32. The molecule has 2 N–H and O–H groups in total. The highest BCUT2D eigenvalue weighted by Gasteiger charge is 2.05. The second kappa shape index (κ2) is 6.73.